The second-order valence-corrected chi connectivity index (χ2v) is 3.97. The van der Waals surface area contributed by atoms with E-state index in [9.17, 15) is 4.79 Å². The number of carbonyl (C=O) groups is 1. The van der Waals surface area contributed by atoms with E-state index in [4.69, 9.17) is 4.74 Å². The molecule has 0 saturated heterocycles. The normalized spacial score (nSPS) is 9.93. The van der Waals surface area contributed by atoms with E-state index in [0.717, 1.165) is 15.7 Å². The largest absolute Gasteiger partial charge is 0.462 e. The van der Waals surface area contributed by atoms with Crippen molar-refractivity contribution in [2.45, 2.75) is 20.3 Å². The fourth-order valence-electron chi connectivity index (χ4n) is 1.13. The minimum Gasteiger partial charge on any atom is -0.462 e. The third-order valence-corrected chi connectivity index (χ3v) is 2.36. The number of rotatable bonds is 3. The van der Waals surface area contributed by atoms with E-state index in [1.54, 1.807) is 13.1 Å². The van der Waals surface area contributed by atoms with Crippen LogP contribution in [0.1, 0.15) is 29.9 Å². The average Bonchev–Trinajstić information content (AvgIpc) is 2.18. The molecule has 0 aliphatic rings. The molecule has 76 valence electrons. The first-order valence-corrected chi connectivity index (χ1v) is 5.58. The van der Waals surface area contributed by atoms with Gasteiger partial charge in [0.15, 0.2) is 0 Å². The van der Waals surface area contributed by atoms with Gasteiger partial charge in [0.05, 0.1) is 17.9 Å². The number of ether oxygens (including phenoxy) is 1. The molecule has 0 N–H and O–H groups in total. The molecule has 0 unspecified atom stereocenters. The van der Waals surface area contributed by atoms with Gasteiger partial charge in [0.1, 0.15) is 0 Å². The van der Waals surface area contributed by atoms with E-state index >= 15 is 0 Å². The van der Waals surface area contributed by atoms with Crippen LogP contribution < -0.4 is 0 Å². The monoisotopic (exact) mass is 305 g/mol. The van der Waals surface area contributed by atoms with Crippen LogP contribution >= 0.6 is 22.6 Å². The summed E-state index contributed by atoms with van der Waals surface area (Å²) in [6.45, 7) is 4.16. The fourth-order valence-corrected chi connectivity index (χ4v) is 1.59. The molecule has 4 heteroatoms. The minimum atomic E-state index is -0.282. The van der Waals surface area contributed by atoms with Crippen LogP contribution in [0.25, 0.3) is 0 Å². The maximum atomic E-state index is 11.5. The van der Waals surface area contributed by atoms with Crippen molar-refractivity contribution in [3.05, 3.63) is 27.1 Å². The van der Waals surface area contributed by atoms with Gasteiger partial charge in [-0.15, -0.1) is 0 Å². The highest BCUT2D eigenvalue weighted by atomic mass is 127. The van der Waals surface area contributed by atoms with Gasteiger partial charge in [-0.05, 0) is 42.0 Å². The highest BCUT2D eigenvalue weighted by molar-refractivity contribution is 14.1. The molecular formula is C10H12INO2. The molecule has 1 aromatic heterocycles. The number of esters is 1. The van der Waals surface area contributed by atoms with Crippen molar-refractivity contribution in [3.63, 3.8) is 0 Å². The molecule has 0 bridgehead atoms. The molecule has 0 spiro atoms. The topological polar surface area (TPSA) is 39.2 Å². The van der Waals surface area contributed by atoms with Gasteiger partial charge in [0.25, 0.3) is 0 Å². The lowest BCUT2D eigenvalue weighted by Gasteiger charge is -2.06. The smallest absolute Gasteiger partial charge is 0.340 e. The van der Waals surface area contributed by atoms with Gasteiger partial charge in [-0.3, -0.25) is 4.98 Å². The molecule has 0 radical (unpaired) electrons. The fraction of sp³-hybridized carbons (Fsp3) is 0.400. The first-order chi connectivity index (χ1) is 6.69. The summed E-state index contributed by atoms with van der Waals surface area (Å²) in [6.07, 6.45) is 2.49. The molecule has 0 aliphatic carbocycles. The molecule has 1 heterocycles. The summed E-state index contributed by atoms with van der Waals surface area (Å²) in [5.74, 6) is -0.282. The van der Waals surface area contributed by atoms with Crippen LogP contribution in [0.15, 0.2) is 12.3 Å². The maximum absolute atomic E-state index is 11.5. The van der Waals surface area contributed by atoms with Gasteiger partial charge in [-0.2, -0.15) is 0 Å². The van der Waals surface area contributed by atoms with Crippen LogP contribution in [0.2, 0.25) is 0 Å². The number of hydrogen-bond acceptors (Lipinski definition) is 3. The second kappa shape index (κ2) is 5.29. The summed E-state index contributed by atoms with van der Waals surface area (Å²) in [5, 5.41) is 0. The van der Waals surface area contributed by atoms with Crippen molar-refractivity contribution in [2.75, 3.05) is 6.61 Å². The van der Waals surface area contributed by atoms with Crippen molar-refractivity contribution in [1.29, 1.82) is 0 Å². The van der Waals surface area contributed by atoms with Crippen LogP contribution in [0.3, 0.4) is 0 Å². The lowest BCUT2D eigenvalue weighted by molar-refractivity contribution is 0.0524. The Balaban J connectivity index is 3.03. The second-order valence-electron chi connectivity index (χ2n) is 2.72. The molecule has 0 atom stereocenters. The highest BCUT2D eigenvalue weighted by Crippen LogP contribution is 2.12. The Morgan fingerprint density at radius 1 is 1.57 bits per heavy atom. The summed E-state index contributed by atoms with van der Waals surface area (Å²) < 4.78 is 5.89. The summed E-state index contributed by atoms with van der Waals surface area (Å²) >= 11 is 2.13. The van der Waals surface area contributed by atoms with E-state index in [1.807, 2.05) is 13.0 Å². The van der Waals surface area contributed by atoms with Gasteiger partial charge < -0.3 is 4.74 Å². The van der Waals surface area contributed by atoms with Gasteiger partial charge in [-0.25, -0.2) is 4.79 Å². The molecule has 14 heavy (non-hydrogen) atoms. The summed E-state index contributed by atoms with van der Waals surface area (Å²) in [7, 11) is 0. The Bertz CT molecular complexity index is 339. The van der Waals surface area contributed by atoms with Crippen LogP contribution in [-0.2, 0) is 11.2 Å². The van der Waals surface area contributed by atoms with Crippen LogP contribution in [0.4, 0.5) is 0 Å². The quantitative estimate of drug-likeness (QED) is 0.636. The third-order valence-electron chi connectivity index (χ3n) is 1.77. The average molecular weight is 305 g/mol. The first-order valence-electron chi connectivity index (χ1n) is 4.50. The highest BCUT2D eigenvalue weighted by Gasteiger charge is 2.12. The van der Waals surface area contributed by atoms with Crippen molar-refractivity contribution in [2.24, 2.45) is 0 Å². The zero-order chi connectivity index (χ0) is 10.6. The molecular weight excluding hydrogens is 293 g/mol. The predicted molar refractivity (Wildman–Crippen MR) is 62.3 cm³/mol. The lowest BCUT2D eigenvalue weighted by atomic mass is 10.1. The zero-order valence-electron chi connectivity index (χ0n) is 8.21. The van der Waals surface area contributed by atoms with Crippen molar-refractivity contribution >= 4 is 28.6 Å². The SMILES string of the molecule is CCOC(=O)c1cc(I)cnc1CC. The molecule has 0 saturated carbocycles. The van der Waals surface area contributed by atoms with E-state index in [-0.39, 0.29) is 5.97 Å². The lowest BCUT2D eigenvalue weighted by Crippen LogP contribution is -2.09. The van der Waals surface area contributed by atoms with Gasteiger partial charge >= 0.3 is 5.97 Å². The van der Waals surface area contributed by atoms with E-state index in [2.05, 4.69) is 27.6 Å². The Hall–Kier alpha value is -0.650. The molecule has 3 nitrogen and oxygen atoms in total. The molecule has 1 rings (SSSR count). The summed E-state index contributed by atoms with van der Waals surface area (Å²) in [5.41, 5.74) is 1.38. The van der Waals surface area contributed by atoms with Gasteiger partial charge in [-0.1, -0.05) is 6.92 Å². The third kappa shape index (κ3) is 2.67. The molecule has 0 amide bonds. The van der Waals surface area contributed by atoms with E-state index in [1.165, 1.54) is 0 Å². The van der Waals surface area contributed by atoms with E-state index in [0.29, 0.717) is 12.2 Å². The Labute approximate surface area is 97.0 Å². The Morgan fingerprint density at radius 3 is 2.86 bits per heavy atom. The minimum absolute atomic E-state index is 0.282. The Kier molecular flexibility index (Phi) is 4.31. The summed E-state index contributed by atoms with van der Waals surface area (Å²) in [4.78, 5) is 15.7. The van der Waals surface area contributed by atoms with Crippen molar-refractivity contribution < 1.29 is 9.53 Å². The number of hydrogen-bond donors (Lipinski definition) is 0. The molecule has 0 aromatic carbocycles. The number of nitrogens with zero attached hydrogens (tertiary/aromatic N) is 1. The molecule has 1 aromatic rings. The van der Waals surface area contributed by atoms with Crippen LogP contribution in [-0.4, -0.2) is 17.6 Å². The zero-order valence-corrected chi connectivity index (χ0v) is 10.4. The predicted octanol–water partition coefficient (Wildman–Crippen LogP) is 2.43. The number of pyridine rings is 1. The maximum Gasteiger partial charge on any atom is 0.340 e. The van der Waals surface area contributed by atoms with Crippen LogP contribution in [0.5, 0.6) is 0 Å². The standard InChI is InChI=1S/C10H12INO2/c1-3-9-8(10(13)14-4-2)5-7(11)6-12-9/h5-6H,3-4H2,1-2H3. The van der Waals surface area contributed by atoms with Crippen molar-refractivity contribution in [3.8, 4) is 0 Å². The van der Waals surface area contributed by atoms with E-state index < -0.39 is 0 Å². The summed E-state index contributed by atoms with van der Waals surface area (Å²) in [6, 6.07) is 1.81. The van der Waals surface area contributed by atoms with Gasteiger partial charge in [0, 0.05) is 9.77 Å². The Morgan fingerprint density at radius 2 is 2.29 bits per heavy atom. The first kappa shape index (κ1) is 11.4. The van der Waals surface area contributed by atoms with Gasteiger partial charge in [0.2, 0.25) is 0 Å². The molecule has 0 fully saturated rings. The number of aromatic nitrogens is 1. The molecule has 0 aliphatic heterocycles. The van der Waals surface area contributed by atoms with Crippen LogP contribution in [0, 0.1) is 3.57 Å². The number of aryl methyl sites for hydroxylation is 1. The number of halogens is 1. The number of carbonyl (C=O) groups excluding carboxylic acids is 1. The van der Waals surface area contributed by atoms with Crippen molar-refractivity contribution in [1.82, 2.24) is 4.98 Å².